The van der Waals surface area contributed by atoms with E-state index in [0.29, 0.717) is 6.42 Å². The molecule has 0 aliphatic rings. The Balaban J connectivity index is 2.50. The molecule has 0 aromatic carbocycles. The van der Waals surface area contributed by atoms with E-state index in [2.05, 4.69) is 9.97 Å². The van der Waals surface area contributed by atoms with E-state index in [1.165, 1.54) is 0 Å². The van der Waals surface area contributed by atoms with Gasteiger partial charge in [0.05, 0.1) is 17.9 Å². The maximum absolute atomic E-state index is 10.4. The van der Waals surface area contributed by atoms with Gasteiger partial charge in [-0.25, -0.2) is 4.98 Å². The van der Waals surface area contributed by atoms with Crippen molar-refractivity contribution in [2.24, 2.45) is 5.92 Å². The van der Waals surface area contributed by atoms with Gasteiger partial charge in [-0.05, 0) is 0 Å². The van der Waals surface area contributed by atoms with Crippen molar-refractivity contribution < 1.29 is 9.90 Å². The van der Waals surface area contributed by atoms with Crippen LogP contribution in [0.15, 0.2) is 12.5 Å². The molecule has 0 unspecified atom stereocenters. The van der Waals surface area contributed by atoms with E-state index >= 15 is 0 Å². The molecule has 4 heteroatoms. The van der Waals surface area contributed by atoms with Gasteiger partial charge in [0.2, 0.25) is 0 Å². The lowest BCUT2D eigenvalue weighted by molar-refractivity contribution is -0.141. The van der Waals surface area contributed by atoms with Gasteiger partial charge in [-0.2, -0.15) is 0 Å². The molecular formula is C7H10N2O2. The van der Waals surface area contributed by atoms with E-state index in [4.69, 9.17) is 5.11 Å². The van der Waals surface area contributed by atoms with Crippen molar-refractivity contribution in [3.63, 3.8) is 0 Å². The number of aliphatic carboxylic acids is 1. The van der Waals surface area contributed by atoms with Crippen LogP contribution < -0.4 is 0 Å². The fourth-order valence-corrected chi connectivity index (χ4v) is 0.804. The molecule has 4 nitrogen and oxygen atoms in total. The first-order chi connectivity index (χ1) is 5.20. The van der Waals surface area contributed by atoms with E-state index in [9.17, 15) is 4.79 Å². The maximum atomic E-state index is 10.4. The van der Waals surface area contributed by atoms with Crippen LogP contribution in [-0.4, -0.2) is 21.0 Å². The fourth-order valence-electron chi connectivity index (χ4n) is 0.804. The van der Waals surface area contributed by atoms with Gasteiger partial charge in [0.25, 0.3) is 0 Å². The van der Waals surface area contributed by atoms with Crippen LogP contribution in [0.5, 0.6) is 0 Å². The molecule has 0 aliphatic carbocycles. The van der Waals surface area contributed by atoms with Crippen molar-refractivity contribution in [1.82, 2.24) is 9.97 Å². The number of nitrogens with one attached hydrogen (secondary N) is 1. The number of rotatable bonds is 3. The SMILES string of the molecule is C[C@H](Cc1c[nH]cn1)C(=O)O. The van der Waals surface area contributed by atoms with E-state index < -0.39 is 5.97 Å². The maximum Gasteiger partial charge on any atom is 0.306 e. The minimum Gasteiger partial charge on any atom is -0.481 e. The average Bonchev–Trinajstić information content (AvgIpc) is 2.39. The number of carbonyl (C=O) groups is 1. The molecule has 11 heavy (non-hydrogen) atoms. The molecular weight excluding hydrogens is 144 g/mol. The smallest absolute Gasteiger partial charge is 0.306 e. The topological polar surface area (TPSA) is 66.0 Å². The molecule has 1 aromatic rings. The number of carboxylic acid groups (broad SMARTS) is 1. The van der Waals surface area contributed by atoms with E-state index in [1.807, 2.05) is 0 Å². The molecule has 0 amide bonds. The second kappa shape index (κ2) is 3.18. The standard InChI is InChI=1S/C7H10N2O2/c1-5(7(10)11)2-6-3-8-4-9-6/h3-5H,2H2,1H3,(H,8,9)(H,10,11)/t5-/m1/s1. The Morgan fingerprint density at radius 1 is 1.91 bits per heavy atom. The Labute approximate surface area is 64.3 Å². The Kier molecular flexibility index (Phi) is 2.25. The summed E-state index contributed by atoms with van der Waals surface area (Å²) in [5.74, 6) is -1.15. The van der Waals surface area contributed by atoms with Gasteiger partial charge >= 0.3 is 5.97 Å². The van der Waals surface area contributed by atoms with E-state index in [0.717, 1.165) is 5.69 Å². The molecule has 60 valence electrons. The van der Waals surface area contributed by atoms with Gasteiger partial charge in [-0.3, -0.25) is 4.79 Å². The first-order valence-electron chi connectivity index (χ1n) is 3.40. The predicted molar refractivity (Wildman–Crippen MR) is 39.1 cm³/mol. The minimum atomic E-state index is -0.784. The zero-order valence-corrected chi connectivity index (χ0v) is 6.24. The zero-order chi connectivity index (χ0) is 8.27. The molecule has 0 saturated carbocycles. The Bertz CT molecular complexity index is 231. The highest BCUT2D eigenvalue weighted by Gasteiger charge is 2.11. The number of aromatic amines is 1. The van der Waals surface area contributed by atoms with Crippen LogP contribution in [0.4, 0.5) is 0 Å². The number of aromatic nitrogens is 2. The average molecular weight is 154 g/mol. The molecule has 0 spiro atoms. The molecule has 0 fully saturated rings. The van der Waals surface area contributed by atoms with Crippen molar-refractivity contribution in [1.29, 1.82) is 0 Å². The van der Waals surface area contributed by atoms with Crippen LogP contribution in [0.3, 0.4) is 0 Å². The summed E-state index contributed by atoms with van der Waals surface area (Å²) in [4.78, 5) is 17.1. The second-order valence-electron chi connectivity index (χ2n) is 2.50. The van der Waals surface area contributed by atoms with E-state index in [1.54, 1.807) is 19.4 Å². The lowest BCUT2D eigenvalue weighted by Gasteiger charge is -2.01. The van der Waals surface area contributed by atoms with Crippen LogP contribution in [0.2, 0.25) is 0 Å². The van der Waals surface area contributed by atoms with Crippen LogP contribution in [0.25, 0.3) is 0 Å². The summed E-state index contributed by atoms with van der Waals surface area (Å²) >= 11 is 0. The summed E-state index contributed by atoms with van der Waals surface area (Å²) < 4.78 is 0. The molecule has 0 bridgehead atoms. The predicted octanol–water partition coefficient (Wildman–Crippen LogP) is 0.673. The second-order valence-corrected chi connectivity index (χ2v) is 2.50. The van der Waals surface area contributed by atoms with Gasteiger partial charge in [0.15, 0.2) is 0 Å². The molecule has 1 rings (SSSR count). The van der Waals surface area contributed by atoms with Gasteiger partial charge in [-0.15, -0.1) is 0 Å². The zero-order valence-electron chi connectivity index (χ0n) is 6.24. The van der Waals surface area contributed by atoms with Crippen molar-refractivity contribution in [2.45, 2.75) is 13.3 Å². The number of carboxylic acids is 1. The van der Waals surface area contributed by atoms with Gasteiger partial charge in [0, 0.05) is 12.6 Å². The third-order valence-corrected chi connectivity index (χ3v) is 1.49. The van der Waals surface area contributed by atoms with Crippen LogP contribution >= 0.6 is 0 Å². The fraction of sp³-hybridized carbons (Fsp3) is 0.429. The summed E-state index contributed by atoms with van der Waals surface area (Å²) in [5.41, 5.74) is 0.792. The lowest BCUT2D eigenvalue weighted by Crippen LogP contribution is -2.12. The summed E-state index contributed by atoms with van der Waals surface area (Å²) in [6, 6.07) is 0. The first kappa shape index (κ1) is 7.78. The van der Waals surface area contributed by atoms with Crippen molar-refractivity contribution in [3.8, 4) is 0 Å². The summed E-state index contributed by atoms with van der Waals surface area (Å²) in [7, 11) is 0. The molecule has 0 radical (unpaired) electrons. The van der Waals surface area contributed by atoms with Crippen LogP contribution in [0.1, 0.15) is 12.6 Å². The third kappa shape index (κ3) is 2.07. The number of nitrogens with zero attached hydrogens (tertiary/aromatic N) is 1. The Morgan fingerprint density at radius 3 is 3.09 bits per heavy atom. The Morgan fingerprint density at radius 2 is 2.64 bits per heavy atom. The lowest BCUT2D eigenvalue weighted by atomic mass is 10.1. The van der Waals surface area contributed by atoms with Gasteiger partial charge < -0.3 is 10.1 Å². The number of hydrogen-bond donors (Lipinski definition) is 2. The quantitative estimate of drug-likeness (QED) is 0.672. The first-order valence-corrected chi connectivity index (χ1v) is 3.40. The van der Waals surface area contributed by atoms with E-state index in [-0.39, 0.29) is 5.92 Å². The Hall–Kier alpha value is -1.32. The highest BCUT2D eigenvalue weighted by atomic mass is 16.4. The molecule has 1 heterocycles. The molecule has 2 N–H and O–H groups in total. The normalized spacial score (nSPS) is 12.8. The van der Waals surface area contributed by atoms with Crippen LogP contribution in [-0.2, 0) is 11.2 Å². The summed E-state index contributed by atoms with van der Waals surface area (Å²) in [6.07, 6.45) is 3.74. The highest BCUT2D eigenvalue weighted by Crippen LogP contribution is 2.03. The third-order valence-electron chi connectivity index (χ3n) is 1.49. The van der Waals surface area contributed by atoms with Gasteiger partial charge in [-0.1, -0.05) is 6.92 Å². The number of hydrogen-bond acceptors (Lipinski definition) is 2. The summed E-state index contributed by atoms with van der Waals surface area (Å²) in [5, 5.41) is 8.54. The monoisotopic (exact) mass is 154 g/mol. The highest BCUT2D eigenvalue weighted by molar-refractivity contribution is 5.69. The number of imidazole rings is 1. The molecule has 0 aliphatic heterocycles. The largest absolute Gasteiger partial charge is 0.481 e. The molecule has 1 atom stereocenters. The molecule has 1 aromatic heterocycles. The van der Waals surface area contributed by atoms with Crippen molar-refractivity contribution >= 4 is 5.97 Å². The molecule has 0 saturated heterocycles. The minimum absolute atomic E-state index is 0.363. The van der Waals surface area contributed by atoms with Gasteiger partial charge in [0.1, 0.15) is 0 Å². The van der Waals surface area contributed by atoms with Crippen LogP contribution in [0, 0.1) is 5.92 Å². The number of H-pyrrole nitrogens is 1. The van der Waals surface area contributed by atoms with Crippen molar-refractivity contribution in [2.75, 3.05) is 0 Å². The van der Waals surface area contributed by atoms with Crippen molar-refractivity contribution in [3.05, 3.63) is 18.2 Å². The summed E-state index contributed by atoms with van der Waals surface area (Å²) in [6.45, 7) is 1.66.